The van der Waals surface area contributed by atoms with Gasteiger partial charge in [-0.05, 0) is 24.3 Å². The number of rotatable bonds is 5. The maximum absolute atomic E-state index is 13.9. The van der Waals surface area contributed by atoms with Crippen LogP contribution in [-0.4, -0.2) is 36.8 Å². The Bertz CT molecular complexity index is 1020. The van der Waals surface area contributed by atoms with Crippen LogP contribution < -0.4 is 14.4 Å². The molecule has 1 aliphatic heterocycles. The summed E-state index contributed by atoms with van der Waals surface area (Å²) in [4.78, 5) is 18.5. The lowest BCUT2D eigenvalue weighted by atomic mass is 10.1. The van der Waals surface area contributed by atoms with E-state index < -0.39 is 5.82 Å². The minimum absolute atomic E-state index is 0.0607. The monoisotopic (exact) mass is 383 g/mol. The van der Waals surface area contributed by atoms with Crippen molar-refractivity contribution >= 4 is 11.6 Å². The number of benzene rings is 2. The summed E-state index contributed by atoms with van der Waals surface area (Å²) in [6.07, 6.45) is 0.241. The molecule has 144 valence electrons. The van der Waals surface area contributed by atoms with Gasteiger partial charge in [0.05, 0.1) is 19.8 Å². The molecule has 1 fully saturated rings. The molecule has 1 aliphatic rings. The molecule has 3 aromatic rings. The number of amides is 1. The van der Waals surface area contributed by atoms with Gasteiger partial charge in [-0.1, -0.05) is 17.3 Å². The van der Waals surface area contributed by atoms with E-state index in [4.69, 9.17) is 14.0 Å². The van der Waals surface area contributed by atoms with Crippen molar-refractivity contribution in [2.75, 3.05) is 25.7 Å². The first-order valence-corrected chi connectivity index (χ1v) is 8.71. The van der Waals surface area contributed by atoms with E-state index in [0.717, 1.165) is 0 Å². The summed E-state index contributed by atoms with van der Waals surface area (Å²) in [6.45, 7) is 0.393. The van der Waals surface area contributed by atoms with E-state index in [1.54, 1.807) is 55.5 Å². The van der Waals surface area contributed by atoms with Crippen molar-refractivity contribution in [2.24, 2.45) is 0 Å². The number of ether oxygens (including phenoxy) is 2. The van der Waals surface area contributed by atoms with Crippen LogP contribution in [0.5, 0.6) is 11.5 Å². The van der Waals surface area contributed by atoms with Crippen LogP contribution in [0, 0.1) is 5.82 Å². The summed E-state index contributed by atoms with van der Waals surface area (Å²) in [7, 11) is 3.09. The number of anilines is 1. The topological polar surface area (TPSA) is 77.7 Å². The average molecular weight is 383 g/mol. The molecule has 0 aliphatic carbocycles. The number of hydrogen-bond acceptors (Lipinski definition) is 6. The molecule has 28 heavy (non-hydrogen) atoms. The highest BCUT2D eigenvalue weighted by molar-refractivity contribution is 5.96. The van der Waals surface area contributed by atoms with E-state index >= 15 is 0 Å². The molecule has 7 nitrogen and oxygen atoms in total. The molecule has 0 saturated carbocycles. The molecule has 0 radical (unpaired) electrons. The highest BCUT2D eigenvalue weighted by atomic mass is 19.1. The van der Waals surface area contributed by atoms with Gasteiger partial charge >= 0.3 is 0 Å². The molecule has 1 atom stereocenters. The third-order valence-corrected chi connectivity index (χ3v) is 4.71. The Labute approximate surface area is 160 Å². The summed E-state index contributed by atoms with van der Waals surface area (Å²) in [6, 6.07) is 11.5. The summed E-state index contributed by atoms with van der Waals surface area (Å²) in [5, 5.41) is 3.96. The first-order valence-electron chi connectivity index (χ1n) is 8.71. The van der Waals surface area contributed by atoms with Gasteiger partial charge in [-0.2, -0.15) is 4.98 Å². The Kier molecular flexibility index (Phi) is 4.68. The van der Waals surface area contributed by atoms with Gasteiger partial charge in [-0.25, -0.2) is 4.39 Å². The van der Waals surface area contributed by atoms with E-state index in [-0.39, 0.29) is 29.7 Å². The van der Waals surface area contributed by atoms with Gasteiger partial charge in [0, 0.05) is 30.6 Å². The molecule has 0 spiro atoms. The van der Waals surface area contributed by atoms with E-state index in [1.165, 1.54) is 6.07 Å². The van der Waals surface area contributed by atoms with Gasteiger partial charge in [0.15, 0.2) is 17.3 Å². The number of nitrogens with zero attached hydrogens (tertiary/aromatic N) is 3. The Hall–Kier alpha value is -3.42. The molecule has 0 bridgehead atoms. The third-order valence-electron chi connectivity index (χ3n) is 4.71. The zero-order chi connectivity index (χ0) is 19.7. The van der Waals surface area contributed by atoms with Gasteiger partial charge in [0.1, 0.15) is 5.82 Å². The van der Waals surface area contributed by atoms with Crippen molar-refractivity contribution in [1.29, 1.82) is 0 Å². The van der Waals surface area contributed by atoms with Crippen molar-refractivity contribution in [1.82, 2.24) is 10.1 Å². The van der Waals surface area contributed by atoms with Gasteiger partial charge in [-0.15, -0.1) is 0 Å². The highest BCUT2D eigenvalue weighted by Gasteiger charge is 2.35. The van der Waals surface area contributed by atoms with E-state index in [9.17, 15) is 9.18 Å². The Morgan fingerprint density at radius 1 is 1.14 bits per heavy atom. The fourth-order valence-electron chi connectivity index (χ4n) is 3.27. The SMILES string of the molecule is COc1ccc(N2CC(c3noc(-c4ccccc4F)n3)CC2=O)cc1OC. The minimum atomic E-state index is -0.438. The fraction of sp³-hybridized carbons (Fsp3) is 0.250. The lowest BCUT2D eigenvalue weighted by molar-refractivity contribution is -0.117. The van der Waals surface area contributed by atoms with Crippen LogP contribution in [0.3, 0.4) is 0 Å². The van der Waals surface area contributed by atoms with Crippen LogP contribution in [0.15, 0.2) is 47.0 Å². The van der Waals surface area contributed by atoms with E-state index in [0.29, 0.717) is 29.6 Å². The van der Waals surface area contributed by atoms with Crippen molar-refractivity contribution in [3.8, 4) is 23.0 Å². The molecule has 1 amide bonds. The van der Waals surface area contributed by atoms with Crippen LogP contribution in [0.2, 0.25) is 0 Å². The number of carbonyl (C=O) groups is 1. The largest absolute Gasteiger partial charge is 0.493 e. The van der Waals surface area contributed by atoms with Crippen LogP contribution in [0.25, 0.3) is 11.5 Å². The second kappa shape index (κ2) is 7.30. The normalized spacial score (nSPS) is 16.5. The first kappa shape index (κ1) is 18.0. The van der Waals surface area contributed by atoms with Gasteiger partial charge < -0.3 is 18.9 Å². The predicted molar refractivity (Wildman–Crippen MR) is 98.9 cm³/mol. The smallest absolute Gasteiger partial charge is 0.260 e. The number of methoxy groups -OCH3 is 2. The maximum Gasteiger partial charge on any atom is 0.260 e. The molecular weight excluding hydrogens is 365 g/mol. The maximum atomic E-state index is 13.9. The number of hydrogen-bond donors (Lipinski definition) is 0. The molecule has 1 unspecified atom stereocenters. The summed E-state index contributed by atoms with van der Waals surface area (Å²) >= 11 is 0. The van der Waals surface area contributed by atoms with Crippen LogP contribution in [0.4, 0.5) is 10.1 Å². The average Bonchev–Trinajstić information content (AvgIpc) is 3.34. The number of carbonyl (C=O) groups excluding carboxylic acids is 1. The third kappa shape index (κ3) is 3.17. The van der Waals surface area contributed by atoms with Crippen LogP contribution in [0.1, 0.15) is 18.2 Å². The van der Waals surface area contributed by atoms with E-state index in [1.807, 2.05) is 0 Å². The quantitative estimate of drug-likeness (QED) is 0.672. The standard InChI is InChI=1S/C20H18FN3O4/c1-26-16-8-7-13(10-17(16)27-2)24-11-12(9-18(24)25)19-22-20(28-23-19)14-5-3-4-6-15(14)21/h3-8,10,12H,9,11H2,1-2H3. The Morgan fingerprint density at radius 3 is 2.68 bits per heavy atom. The second-order valence-corrected chi connectivity index (χ2v) is 6.38. The molecule has 2 heterocycles. The van der Waals surface area contributed by atoms with Crippen LogP contribution in [-0.2, 0) is 4.79 Å². The fourth-order valence-corrected chi connectivity index (χ4v) is 3.27. The first-order chi connectivity index (χ1) is 13.6. The zero-order valence-electron chi connectivity index (χ0n) is 15.4. The minimum Gasteiger partial charge on any atom is -0.493 e. The molecule has 1 saturated heterocycles. The number of halogens is 1. The Morgan fingerprint density at radius 2 is 1.93 bits per heavy atom. The summed E-state index contributed by atoms with van der Waals surface area (Å²) in [5.74, 6) is 0.867. The molecule has 0 N–H and O–H groups in total. The molecular formula is C20H18FN3O4. The number of aromatic nitrogens is 2. The predicted octanol–water partition coefficient (Wildman–Crippen LogP) is 3.41. The Balaban J connectivity index is 1.57. The van der Waals surface area contributed by atoms with Crippen molar-refractivity contribution in [3.05, 3.63) is 54.1 Å². The molecule has 4 rings (SSSR count). The molecule has 1 aromatic heterocycles. The second-order valence-electron chi connectivity index (χ2n) is 6.38. The van der Waals surface area contributed by atoms with Crippen molar-refractivity contribution in [2.45, 2.75) is 12.3 Å². The molecule has 8 heteroatoms. The lowest BCUT2D eigenvalue weighted by Crippen LogP contribution is -2.24. The van der Waals surface area contributed by atoms with Crippen LogP contribution >= 0.6 is 0 Å². The lowest BCUT2D eigenvalue weighted by Gasteiger charge is -2.18. The van der Waals surface area contributed by atoms with Gasteiger partial charge in [0.25, 0.3) is 5.89 Å². The summed E-state index contributed by atoms with van der Waals surface area (Å²) < 4.78 is 29.7. The zero-order valence-corrected chi connectivity index (χ0v) is 15.4. The molecule has 2 aromatic carbocycles. The highest BCUT2D eigenvalue weighted by Crippen LogP contribution is 2.36. The van der Waals surface area contributed by atoms with Crippen molar-refractivity contribution in [3.63, 3.8) is 0 Å². The summed E-state index contributed by atoms with van der Waals surface area (Å²) in [5.41, 5.74) is 0.935. The van der Waals surface area contributed by atoms with Crippen molar-refractivity contribution < 1.29 is 23.2 Å². The van der Waals surface area contributed by atoms with Gasteiger partial charge in [0.2, 0.25) is 5.91 Å². The van der Waals surface area contributed by atoms with Gasteiger partial charge in [-0.3, -0.25) is 4.79 Å². The van der Waals surface area contributed by atoms with E-state index in [2.05, 4.69) is 10.1 Å².